The fraction of sp³-hybridized carbons (Fsp3) is 0.0476. The Labute approximate surface area is 134 Å². The van der Waals surface area contributed by atoms with Gasteiger partial charge >= 0.3 is 0 Å². The Morgan fingerprint density at radius 1 is 0.783 bits per heavy atom. The molecular weight excluding hydrogens is 282 g/mol. The maximum Gasteiger partial charge on any atom is 0.212 e. The predicted octanol–water partition coefficient (Wildman–Crippen LogP) is 4.93. The van der Waals surface area contributed by atoms with E-state index in [-0.39, 0.29) is 5.78 Å². The topological polar surface area (TPSA) is 30.0 Å². The molecule has 2 nitrogen and oxygen atoms in total. The number of pyridine rings is 1. The summed E-state index contributed by atoms with van der Waals surface area (Å²) in [5.74, 6) is -0.0352. The van der Waals surface area contributed by atoms with Crippen LogP contribution in [-0.4, -0.2) is 10.8 Å². The van der Waals surface area contributed by atoms with E-state index in [1.807, 2.05) is 61.5 Å². The third kappa shape index (κ3) is 2.29. The van der Waals surface area contributed by atoms with Gasteiger partial charge in [0, 0.05) is 16.3 Å². The number of ketones is 1. The van der Waals surface area contributed by atoms with Crippen molar-refractivity contribution in [1.29, 1.82) is 0 Å². The van der Waals surface area contributed by atoms with E-state index in [2.05, 4.69) is 23.2 Å². The second-order valence-corrected chi connectivity index (χ2v) is 5.72. The first-order valence-electron chi connectivity index (χ1n) is 7.63. The standard InChI is InChI=1S/C21H15NO/c1-14-11-12-16-17-9-5-6-10-19(17)22-20(18(16)13-14)21(23)15-7-3-2-4-8-15/h2-13H,1H3. The first-order chi connectivity index (χ1) is 11.2. The quantitative estimate of drug-likeness (QED) is 0.388. The molecule has 4 rings (SSSR count). The van der Waals surface area contributed by atoms with Crippen LogP contribution in [-0.2, 0) is 0 Å². The first-order valence-corrected chi connectivity index (χ1v) is 7.63. The average molecular weight is 297 g/mol. The number of rotatable bonds is 2. The van der Waals surface area contributed by atoms with E-state index in [4.69, 9.17) is 0 Å². The number of aromatic nitrogens is 1. The van der Waals surface area contributed by atoms with Gasteiger partial charge in [0.25, 0.3) is 0 Å². The summed E-state index contributed by atoms with van der Waals surface area (Å²) in [6, 6.07) is 23.5. The lowest BCUT2D eigenvalue weighted by molar-refractivity contribution is 0.103. The minimum Gasteiger partial charge on any atom is -0.287 e. The number of hydrogen-bond acceptors (Lipinski definition) is 2. The lowest BCUT2D eigenvalue weighted by Gasteiger charge is -2.10. The number of carbonyl (C=O) groups is 1. The summed E-state index contributed by atoms with van der Waals surface area (Å²) < 4.78 is 0. The van der Waals surface area contributed by atoms with Crippen molar-refractivity contribution in [3.8, 4) is 0 Å². The summed E-state index contributed by atoms with van der Waals surface area (Å²) in [4.78, 5) is 17.6. The van der Waals surface area contributed by atoms with Crippen LogP contribution in [0.3, 0.4) is 0 Å². The van der Waals surface area contributed by atoms with Crippen LogP contribution in [0.5, 0.6) is 0 Å². The minimum absolute atomic E-state index is 0.0352. The van der Waals surface area contributed by atoms with Crippen molar-refractivity contribution in [2.24, 2.45) is 0 Å². The number of aryl methyl sites for hydroxylation is 1. The molecule has 4 aromatic rings. The molecule has 1 aromatic heterocycles. The molecule has 110 valence electrons. The monoisotopic (exact) mass is 297 g/mol. The maximum atomic E-state index is 13.0. The molecule has 0 unspecified atom stereocenters. The van der Waals surface area contributed by atoms with Gasteiger partial charge in [0.05, 0.1) is 5.52 Å². The lowest BCUT2D eigenvalue weighted by Crippen LogP contribution is -2.05. The number of nitrogens with zero attached hydrogens (tertiary/aromatic N) is 1. The highest BCUT2D eigenvalue weighted by atomic mass is 16.1. The van der Waals surface area contributed by atoms with E-state index in [1.165, 1.54) is 0 Å². The minimum atomic E-state index is -0.0352. The van der Waals surface area contributed by atoms with Crippen LogP contribution >= 0.6 is 0 Å². The third-order valence-electron chi connectivity index (χ3n) is 4.11. The normalized spacial score (nSPS) is 11.0. The van der Waals surface area contributed by atoms with Crippen LogP contribution in [0.15, 0.2) is 72.8 Å². The number of carbonyl (C=O) groups excluding carboxylic acids is 1. The molecule has 0 aliphatic carbocycles. The molecule has 0 spiro atoms. The van der Waals surface area contributed by atoms with Crippen LogP contribution in [0.1, 0.15) is 21.6 Å². The number of benzene rings is 3. The third-order valence-corrected chi connectivity index (χ3v) is 4.11. The predicted molar refractivity (Wildman–Crippen MR) is 93.9 cm³/mol. The van der Waals surface area contributed by atoms with E-state index >= 15 is 0 Å². The van der Waals surface area contributed by atoms with Gasteiger partial charge < -0.3 is 0 Å². The van der Waals surface area contributed by atoms with Gasteiger partial charge in [-0.1, -0.05) is 66.2 Å². The van der Waals surface area contributed by atoms with Crippen molar-refractivity contribution in [3.05, 3.63) is 89.6 Å². The van der Waals surface area contributed by atoms with Crippen molar-refractivity contribution in [3.63, 3.8) is 0 Å². The van der Waals surface area contributed by atoms with Crippen LogP contribution in [0.2, 0.25) is 0 Å². The van der Waals surface area contributed by atoms with Crippen LogP contribution in [0, 0.1) is 6.92 Å². The molecule has 3 aromatic carbocycles. The summed E-state index contributed by atoms with van der Waals surface area (Å²) >= 11 is 0. The Balaban J connectivity index is 2.08. The van der Waals surface area contributed by atoms with E-state index in [9.17, 15) is 4.79 Å². The molecule has 0 amide bonds. The second-order valence-electron chi connectivity index (χ2n) is 5.72. The van der Waals surface area contributed by atoms with Crippen molar-refractivity contribution >= 4 is 27.5 Å². The van der Waals surface area contributed by atoms with Crippen LogP contribution < -0.4 is 0 Å². The highest BCUT2D eigenvalue weighted by molar-refractivity contribution is 6.19. The molecule has 0 atom stereocenters. The molecule has 0 aliphatic rings. The molecule has 0 saturated heterocycles. The molecule has 0 bridgehead atoms. The summed E-state index contributed by atoms with van der Waals surface area (Å²) in [6.45, 7) is 2.03. The second kappa shape index (κ2) is 5.33. The number of hydrogen-bond donors (Lipinski definition) is 0. The van der Waals surface area contributed by atoms with E-state index < -0.39 is 0 Å². The smallest absolute Gasteiger partial charge is 0.212 e. The van der Waals surface area contributed by atoms with Gasteiger partial charge in [-0.15, -0.1) is 0 Å². The van der Waals surface area contributed by atoms with Gasteiger partial charge in [-0.05, 0) is 24.4 Å². The fourth-order valence-corrected chi connectivity index (χ4v) is 2.97. The highest BCUT2D eigenvalue weighted by Gasteiger charge is 2.16. The van der Waals surface area contributed by atoms with Crippen molar-refractivity contribution < 1.29 is 4.79 Å². The van der Waals surface area contributed by atoms with E-state index in [0.717, 1.165) is 27.2 Å². The fourth-order valence-electron chi connectivity index (χ4n) is 2.97. The Morgan fingerprint density at radius 3 is 2.35 bits per heavy atom. The Bertz CT molecular complexity index is 1040. The lowest BCUT2D eigenvalue weighted by atomic mass is 9.98. The van der Waals surface area contributed by atoms with Crippen LogP contribution in [0.25, 0.3) is 21.7 Å². The van der Waals surface area contributed by atoms with Gasteiger partial charge in [-0.2, -0.15) is 0 Å². The maximum absolute atomic E-state index is 13.0. The van der Waals surface area contributed by atoms with Gasteiger partial charge in [0.15, 0.2) is 0 Å². The number of para-hydroxylation sites is 1. The Kier molecular flexibility index (Phi) is 3.16. The van der Waals surface area contributed by atoms with Gasteiger partial charge in [0.2, 0.25) is 5.78 Å². The number of fused-ring (bicyclic) bond motifs is 3. The van der Waals surface area contributed by atoms with Crippen LogP contribution in [0.4, 0.5) is 0 Å². The molecule has 0 fully saturated rings. The largest absolute Gasteiger partial charge is 0.287 e. The zero-order valence-corrected chi connectivity index (χ0v) is 12.8. The van der Waals surface area contributed by atoms with Crippen molar-refractivity contribution in [2.45, 2.75) is 6.92 Å². The zero-order chi connectivity index (χ0) is 15.8. The molecule has 0 radical (unpaired) electrons. The first kappa shape index (κ1) is 13.6. The summed E-state index contributed by atoms with van der Waals surface area (Å²) in [7, 11) is 0. The molecule has 0 saturated carbocycles. The van der Waals surface area contributed by atoms with E-state index in [0.29, 0.717) is 11.3 Å². The summed E-state index contributed by atoms with van der Waals surface area (Å²) in [5.41, 5.74) is 3.16. The zero-order valence-electron chi connectivity index (χ0n) is 12.8. The summed E-state index contributed by atoms with van der Waals surface area (Å²) in [6.07, 6.45) is 0. The highest BCUT2D eigenvalue weighted by Crippen LogP contribution is 2.28. The SMILES string of the molecule is Cc1ccc2c(c1)c(C(=O)c1ccccc1)nc1ccccc12. The Morgan fingerprint density at radius 2 is 1.52 bits per heavy atom. The van der Waals surface area contributed by atoms with Gasteiger partial charge in [0.1, 0.15) is 5.69 Å². The van der Waals surface area contributed by atoms with Crippen molar-refractivity contribution in [2.75, 3.05) is 0 Å². The van der Waals surface area contributed by atoms with E-state index in [1.54, 1.807) is 0 Å². The summed E-state index contributed by atoms with van der Waals surface area (Å²) in [5, 5.41) is 3.06. The molecule has 0 aliphatic heterocycles. The molecule has 23 heavy (non-hydrogen) atoms. The molecular formula is C21H15NO. The molecule has 0 N–H and O–H groups in total. The average Bonchev–Trinajstić information content (AvgIpc) is 2.61. The Hall–Kier alpha value is -3.00. The van der Waals surface area contributed by atoms with Gasteiger partial charge in [-0.25, -0.2) is 4.98 Å². The van der Waals surface area contributed by atoms with Crippen molar-refractivity contribution in [1.82, 2.24) is 4.98 Å². The molecule has 2 heteroatoms. The van der Waals surface area contributed by atoms with Gasteiger partial charge in [-0.3, -0.25) is 4.79 Å². The molecule has 1 heterocycles.